The van der Waals surface area contributed by atoms with Crippen LogP contribution in [0.5, 0.6) is 0 Å². The van der Waals surface area contributed by atoms with E-state index in [9.17, 15) is 4.79 Å². The van der Waals surface area contributed by atoms with Crippen molar-refractivity contribution in [3.63, 3.8) is 0 Å². The highest BCUT2D eigenvalue weighted by Crippen LogP contribution is 2.20. The summed E-state index contributed by atoms with van der Waals surface area (Å²) >= 11 is 0. The summed E-state index contributed by atoms with van der Waals surface area (Å²) in [7, 11) is 0. The summed E-state index contributed by atoms with van der Waals surface area (Å²) in [5, 5.41) is 8.99. The van der Waals surface area contributed by atoms with Crippen LogP contribution in [0.15, 0.2) is 55.1 Å². The zero-order chi connectivity index (χ0) is 15.8. The van der Waals surface area contributed by atoms with Gasteiger partial charge in [-0.3, -0.25) is 4.84 Å². The first kappa shape index (κ1) is 15.9. The molecule has 0 saturated heterocycles. The number of carboxylic acids is 1. The Morgan fingerprint density at radius 3 is 2.77 bits per heavy atom. The van der Waals surface area contributed by atoms with Crippen LogP contribution in [0.4, 0.5) is 0 Å². The largest absolute Gasteiger partial charge is 0.479 e. The van der Waals surface area contributed by atoms with Gasteiger partial charge in [0.15, 0.2) is 6.10 Å². The number of hydrogen-bond donors (Lipinski definition) is 2. The second-order valence-corrected chi connectivity index (χ2v) is 4.84. The van der Waals surface area contributed by atoms with Crippen molar-refractivity contribution in [2.45, 2.75) is 25.5 Å². The van der Waals surface area contributed by atoms with Crippen molar-refractivity contribution in [1.29, 1.82) is 0 Å². The van der Waals surface area contributed by atoms with Crippen LogP contribution in [0.25, 0.3) is 5.57 Å². The SMILES string of the molecule is NOC(CC=C(CCn1ccnc1)c1ccccc1)C(=O)O. The van der Waals surface area contributed by atoms with Crippen LogP contribution in [-0.2, 0) is 16.2 Å². The third-order valence-electron chi connectivity index (χ3n) is 3.36. The lowest BCUT2D eigenvalue weighted by Gasteiger charge is -2.11. The first-order valence-corrected chi connectivity index (χ1v) is 6.99. The topological polar surface area (TPSA) is 90.4 Å². The summed E-state index contributed by atoms with van der Waals surface area (Å²) in [5.41, 5.74) is 2.11. The van der Waals surface area contributed by atoms with E-state index in [4.69, 9.17) is 11.0 Å². The number of carboxylic acid groups (broad SMARTS) is 1. The standard InChI is InChI=1S/C16H19N3O3/c17-22-15(16(20)21)7-6-14(13-4-2-1-3-5-13)8-10-19-11-9-18-12-19/h1-6,9,11-12,15H,7-8,10,17H2,(H,20,21). The molecular formula is C16H19N3O3. The first-order chi connectivity index (χ1) is 10.7. The molecule has 0 radical (unpaired) electrons. The maximum Gasteiger partial charge on any atom is 0.335 e. The van der Waals surface area contributed by atoms with Gasteiger partial charge in [-0.05, 0) is 17.6 Å². The van der Waals surface area contributed by atoms with Crippen LogP contribution in [-0.4, -0.2) is 26.7 Å². The van der Waals surface area contributed by atoms with Gasteiger partial charge in [-0.1, -0.05) is 36.4 Å². The van der Waals surface area contributed by atoms with Crippen molar-refractivity contribution >= 4 is 11.5 Å². The van der Waals surface area contributed by atoms with Gasteiger partial charge in [0.05, 0.1) is 6.33 Å². The minimum Gasteiger partial charge on any atom is -0.479 e. The molecule has 22 heavy (non-hydrogen) atoms. The van der Waals surface area contributed by atoms with Gasteiger partial charge in [-0.25, -0.2) is 15.7 Å². The van der Waals surface area contributed by atoms with Crippen molar-refractivity contribution in [2.75, 3.05) is 0 Å². The Bertz CT molecular complexity index is 609. The molecule has 6 nitrogen and oxygen atoms in total. The normalized spacial score (nSPS) is 13.0. The predicted molar refractivity (Wildman–Crippen MR) is 82.6 cm³/mol. The first-order valence-electron chi connectivity index (χ1n) is 6.99. The molecule has 0 spiro atoms. The lowest BCUT2D eigenvalue weighted by Crippen LogP contribution is -2.26. The van der Waals surface area contributed by atoms with Crippen LogP contribution in [0.1, 0.15) is 18.4 Å². The Hall–Kier alpha value is -2.44. The number of aliphatic carboxylic acids is 1. The van der Waals surface area contributed by atoms with E-state index in [-0.39, 0.29) is 6.42 Å². The number of hydrogen-bond acceptors (Lipinski definition) is 4. The van der Waals surface area contributed by atoms with Crippen LogP contribution >= 0.6 is 0 Å². The summed E-state index contributed by atoms with van der Waals surface area (Å²) in [4.78, 5) is 19.5. The molecule has 0 fully saturated rings. The van der Waals surface area contributed by atoms with E-state index in [0.29, 0.717) is 0 Å². The van der Waals surface area contributed by atoms with Crippen LogP contribution < -0.4 is 5.90 Å². The molecule has 1 aromatic heterocycles. The van der Waals surface area contributed by atoms with Crippen LogP contribution in [0.2, 0.25) is 0 Å². The van der Waals surface area contributed by atoms with Crippen LogP contribution in [0, 0.1) is 0 Å². The van der Waals surface area contributed by atoms with Crippen molar-refractivity contribution < 1.29 is 14.7 Å². The fourth-order valence-electron chi connectivity index (χ4n) is 2.15. The summed E-state index contributed by atoms with van der Waals surface area (Å²) in [5.74, 6) is 3.96. The van der Waals surface area contributed by atoms with E-state index < -0.39 is 12.1 Å². The number of rotatable bonds is 8. The third kappa shape index (κ3) is 4.54. The lowest BCUT2D eigenvalue weighted by molar-refractivity contribution is -0.150. The second-order valence-electron chi connectivity index (χ2n) is 4.84. The van der Waals surface area contributed by atoms with E-state index in [1.54, 1.807) is 12.5 Å². The molecule has 0 amide bonds. The van der Waals surface area contributed by atoms with Gasteiger partial charge >= 0.3 is 5.97 Å². The molecule has 2 rings (SSSR count). The summed E-state index contributed by atoms with van der Waals surface area (Å²) in [6.07, 6.45) is 7.20. The van der Waals surface area contributed by atoms with Gasteiger partial charge in [-0.15, -0.1) is 0 Å². The van der Waals surface area contributed by atoms with Gasteiger partial charge in [0.2, 0.25) is 0 Å². The van der Waals surface area contributed by atoms with Gasteiger partial charge in [0.25, 0.3) is 0 Å². The lowest BCUT2D eigenvalue weighted by atomic mass is 10.0. The second kappa shape index (κ2) is 8.11. The predicted octanol–water partition coefficient (Wildman–Crippen LogP) is 2.09. The third-order valence-corrected chi connectivity index (χ3v) is 3.36. The average Bonchev–Trinajstić information content (AvgIpc) is 3.04. The fourth-order valence-corrected chi connectivity index (χ4v) is 2.15. The molecule has 1 atom stereocenters. The van der Waals surface area contributed by atoms with E-state index >= 15 is 0 Å². The van der Waals surface area contributed by atoms with Gasteiger partial charge in [-0.2, -0.15) is 0 Å². The highest BCUT2D eigenvalue weighted by Gasteiger charge is 2.16. The monoisotopic (exact) mass is 301 g/mol. The molecule has 1 unspecified atom stereocenters. The molecule has 6 heteroatoms. The number of nitrogens with zero attached hydrogens (tertiary/aromatic N) is 2. The number of nitrogens with two attached hydrogens (primary N) is 1. The molecule has 0 aliphatic carbocycles. The number of benzene rings is 1. The molecule has 116 valence electrons. The smallest absolute Gasteiger partial charge is 0.335 e. The van der Waals surface area contributed by atoms with E-state index in [0.717, 1.165) is 24.1 Å². The Morgan fingerprint density at radius 2 is 2.18 bits per heavy atom. The van der Waals surface area contributed by atoms with E-state index in [1.165, 1.54) is 0 Å². The Balaban J connectivity index is 2.12. The Morgan fingerprint density at radius 1 is 1.41 bits per heavy atom. The van der Waals surface area contributed by atoms with Crippen molar-refractivity contribution in [2.24, 2.45) is 5.90 Å². The highest BCUT2D eigenvalue weighted by atomic mass is 16.6. The summed E-state index contributed by atoms with van der Waals surface area (Å²) in [6, 6.07) is 9.85. The molecule has 1 heterocycles. The fraction of sp³-hybridized carbons (Fsp3) is 0.250. The zero-order valence-corrected chi connectivity index (χ0v) is 12.1. The molecule has 0 bridgehead atoms. The minimum atomic E-state index is -1.07. The average molecular weight is 301 g/mol. The minimum absolute atomic E-state index is 0.222. The maximum absolute atomic E-state index is 11.0. The molecule has 0 aliphatic heterocycles. The Kier molecular flexibility index (Phi) is 5.88. The number of aromatic nitrogens is 2. The van der Waals surface area contributed by atoms with Crippen molar-refractivity contribution in [3.05, 3.63) is 60.7 Å². The number of allylic oxidation sites excluding steroid dienone is 1. The molecule has 1 aromatic carbocycles. The van der Waals surface area contributed by atoms with Crippen molar-refractivity contribution in [3.8, 4) is 0 Å². The molecule has 0 aliphatic rings. The number of carbonyl (C=O) groups is 1. The molecule has 2 aromatic rings. The van der Waals surface area contributed by atoms with Gasteiger partial charge in [0, 0.05) is 25.4 Å². The molecule has 0 saturated carbocycles. The molecular weight excluding hydrogens is 282 g/mol. The van der Waals surface area contributed by atoms with Crippen LogP contribution in [0.3, 0.4) is 0 Å². The highest BCUT2D eigenvalue weighted by molar-refractivity contribution is 5.73. The maximum atomic E-state index is 11.0. The molecule has 3 N–H and O–H groups in total. The zero-order valence-electron chi connectivity index (χ0n) is 12.1. The number of imidazole rings is 1. The summed E-state index contributed by atoms with van der Waals surface area (Å²) in [6.45, 7) is 0.766. The number of aryl methyl sites for hydroxylation is 1. The summed E-state index contributed by atoms with van der Waals surface area (Å²) < 4.78 is 1.98. The van der Waals surface area contributed by atoms with Crippen molar-refractivity contribution in [1.82, 2.24) is 9.55 Å². The van der Waals surface area contributed by atoms with Gasteiger partial charge < -0.3 is 9.67 Å². The van der Waals surface area contributed by atoms with Gasteiger partial charge in [0.1, 0.15) is 0 Å². The Labute approximate surface area is 128 Å². The van der Waals surface area contributed by atoms with E-state index in [1.807, 2.05) is 47.2 Å². The van der Waals surface area contributed by atoms with E-state index in [2.05, 4.69) is 9.82 Å². The quantitative estimate of drug-likeness (QED) is 0.729.